The first-order chi connectivity index (χ1) is 14.1. The number of hydrogen-bond acceptors (Lipinski definition) is 7. The number of anilines is 1. The largest absolute Gasteiger partial charge is 0.497 e. The number of ether oxygens (including phenoxy) is 3. The molecule has 3 rings (SSSR count). The van der Waals surface area contributed by atoms with Crippen LogP contribution in [0.25, 0.3) is 11.4 Å². The van der Waals surface area contributed by atoms with Gasteiger partial charge in [0.05, 0.1) is 26.5 Å². The van der Waals surface area contributed by atoms with Crippen molar-refractivity contribution >= 4 is 11.6 Å². The standard InChI is InChI=1S/C20H23N5O4/c1-4-11-29-15-7-5-14(6-8-15)20-22-24-25(23-20)13-19(26)21-17-12-16(27-2)9-10-18(17)28-3/h5-10,12H,4,11,13H2,1-3H3,(H,21,26). The van der Waals surface area contributed by atoms with Crippen molar-refractivity contribution in [1.82, 2.24) is 20.2 Å². The zero-order valence-corrected chi connectivity index (χ0v) is 16.6. The van der Waals surface area contributed by atoms with Gasteiger partial charge in [0.2, 0.25) is 11.7 Å². The SMILES string of the molecule is CCCOc1ccc(-c2nnn(CC(=O)Nc3cc(OC)ccc3OC)n2)cc1. The van der Waals surface area contributed by atoms with Crippen LogP contribution in [0.15, 0.2) is 42.5 Å². The number of carbonyl (C=O) groups is 1. The Labute approximate surface area is 168 Å². The first kappa shape index (κ1) is 20.1. The van der Waals surface area contributed by atoms with Gasteiger partial charge in [-0.25, -0.2) is 0 Å². The highest BCUT2D eigenvalue weighted by Crippen LogP contribution is 2.28. The first-order valence-electron chi connectivity index (χ1n) is 9.16. The molecule has 29 heavy (non-hydrogen) atoms. The number of aromatic nitrogens is 4. The molecular weight excluding hydrogens is 374 g/mol. The molecule has 1 N–H and O–H groups in total. The molecule has 1 heterocycles. The number of rotatable bonds is 9. The van der Waals surface area contributed by atoms with Gasteiger partial charge in [0, 0.05) is 11.6 Å². The predicted molar refractivity (Wildman–Crippen MR) is 107 cm³/mol. The van der Waals surface area contributed by atoms with E-state index in [9.17, 15) is 4.79 Å². The van der Waals surface area contributed by atoms with Gasteiger partial charge in [-0.3, -0.25) is 4.79 Å². The van der Waals surface area contributed by atoms with Gasteiger partial charge in [-0.2, -0.15) is 4.80 Å². The zero-order chi connectivity index (χ0) is 20.6. The number of benzene rings is 2. The molecule has 0 atom stereocenters. The highest BCUT2D eigenvalue weighted by Gasteiger charge is 2.12. The van der Waals surface area contributed by atoms with Crippen molar-refractivity contribution in [3.63, 3.8) is 0 Å². The lowest BCUT2D eigenvalue weighted by molar-refractivity contribution is -0.117. The van der Waals surface area contributed by atoms with Crippen LogP contribution in [0.2, 0.25) is 0 Å². The second kappa shape index (κ2) is 9.54. The minimum absolute atomic E-state index is 0.0922. The number of nitrogens with zero attached hydrogens (tertiary/aromatic N) is 4. The third kappa shape index (κ3) is 5.22. The second-order valence-electron chi connectivity index (χ2n) is 6.13. The van der Waals surface area contributed by atoms with E-state index in [-0.39, 0.29) is 12.5 Å². The number of nitrogens with one attached hydrogen (secondary N) is 1. The van der Waals surface area contributed by atoms with E-state index in [0.717, 1.165) is 17.7 Å². The van der Waals surface area contributed by atoms with Gasteiger partial charge in [0.1, 0.15) is 23.8 Å². The summed E-state index contributed by atoms with van der Waals surface area (Å²) in [7, 11) is 3.08. The predicted octanol–water partition coefficient (Wildman–Crippen LogP) is 2.78. The Bertz CT molecular complexity index is 956. The van der Waals surface area contributed by atoms with Gasteiger partial charge in [0.15, 0.2) is 0 Å². The Morgan fingerprint density at radius 2 is 1.83 bits per heavy atom. The van der Waals surface area contributed by atoms with E-state index >= 15 is 0 Å². The summed E-state index contributed by atoms with van der Waals surface area (Å²) >= 11 is 0. The summed E-state index contributed by atoms with van der Waals surface area (Å²) in [4.78, 5) is 13.6. The minimum atomic E-state index is -0.316. The number of tetrazole rings is 1. The maximum absolute atomic E-state index is 12.4. The Balaban J connectivity index is 1.65. The fourth-order valence-electron chi connectivity index (χ4n) is 2.58. The average Bonchev–Trinajstić information content (AvgIpc) is 3.20. The summed E-state index contributed by atoms with van der Waals surface area (Å²) in [5.41, 5.74) is 1.29. The van der Waals surface area contributed by atoms with E-state index in [1.165, 1.54) is 11.9 Å². The summed E-state index contributed by atoms with van der Waals surface area (Å²) in [6.07, 6.45) is 0.946. The molecule has 9 nitrogen and oxygen atoms in total. The fourth-order valence-corrected chi connectivity index (χ4v) is 2.58. The molecule has 0 saturated carbocycles. The molecule has 0 aliphatic carbocycles. The van der Waals surface area contributed by atoms with Crippen LogP contribution in [0.5, 0.6) is 17.2 Å². The Hall–Kier alpha value is -3.62. The van der Waals surface area contributed by atoms with Crippen LogP contribution in [0.4, 0.5) is 5.69 Å². The molecule has 9 heteroatoms. The summed E-state index contributed by atoms with van der Waals surface area (Å²) in [5, 5.41) is 15.0. The summed E-state index contributed by atoms with van der Waals surface area (Å²) in [6.45, 7) is 2.63. The van der Waals surface area contributed by atoms with Crippen LogP contribution < -0.4 is 19.5 Å². The lowest BCUT2D eigenvalue weighted by Crippen LogP contribution is -2.20. The van der Waals surface area contributed by atoms with Crippen LogP contribution >= 0.6 is 0 Å². The Morgan fingerprint density at radius 3 is 2.52 bits per heavy atom. The van der Waals surface area contributed by atoms with E-state index in [1.807, 2.05) is 24.3 Å². The van der Waals surface area contributed by atoms with Crippen molar-refractivity contribution in [3.8, 4) is 28.6 Å². The van der Waals surface area contributed by atoms with Gasteiger partial charge in [-0.05, 0) is 48.0 Å². The molecule has 0 bridgehead atoms. The summed E-state index contributed by atoms with van der Waals surface area (Å²) < 4.78 is 16.0. The normalized spacial score (nSPS) is 10.4. The number of methoxy groups -OCH3 is 2. The van der Waals surface area contributed by atoms with Crippen molar-refractivity contribution in [2.75, 3.05) is 26.1 Å². The lowest BCUT2D eigenvalue weighted by atomic mass is 10.2. The maximum Gasteiger partial charge on any atom is 0.248 e. The number of carbonyl (C=O) groups excluding carboxylic acids is 1. The topological polar surface area (TPSA) is 100 Å². The monoisotopic (exact) mass is 397 g/mol. The molecule has 0 aliphatic rings. The Morgan fingerprint density at radius 1 is 1.07 bits per heavy atom. The number of amides is 1. The smallest absolute Gasteiger partial charge is 0.248 e. The molecule has 0 saturated heterocycles. The van der Waals surface area contributed by atoms with Gasteiger partial charge in [-0.15, -0.1) is 10.2 Å². The molecule has 0 spiro atoms. The van der Waals surface area contributed by atoms with Crippen molar-refractivity contribution in [3.05, 3.63) is 42.5 Å². The van der Waals surface area contributed by atoms with E-state index in [1.54, 1.807) is 25.3 Å². The minimum Gasteiger partial charge on any atom is -0.497 e. The molecular formula is C20H23N5O4. The molecule has 152 valence electrons. The average molecular weight is 397 g/mol. The second-order valence-corrected chi connectivity index (χ2v) is 6.13. The fraction of sp³-hybridized carbons (Fsp3) is 0.300. The maximum atomic E-state index is 12.4. The van der Waals surface area contributed by atoms with Crippen LogP contribution in [-0.4, -0.2) is 46.9 Å². The molecule has 3 aromatic rings. The molecule has 1 amide bonds. The van der Waals surface area contributed by atoms with E-state index in [4.69, 9.17) is 14.2 Å². The molecule has 0 unspecified atom stereocenters. The van der Waals surface area contributed by atoms with Crippen molar-refractivity contribution in [1.29, 1.82) is 0 Å². The Kier molecular flexibility index (Phi) is 6.62. The van der Waals surface area contributed by atoms with Crippen LogP contribution in [0.3, 0.4) is 0 Å². The molecule has 0 radical (unpaired) electrons. The quantitative estimate of drug-likeness (QED) is 0.592. The highest BCUT2D eigenvalue weighted by molar-refractivity contribution is 5.92. The van der Waals surface area contributed by atoms with Crippen LogP contribution in [0.1, 0.15) is 13.3 Å². The first-order valence-corrected chi connectivity index (χ1v) is 9.16. The van der Waals surface area contributed by atoms with Crippen LogP contribution in [-0.2, 0) is 11.3 Å². The highest BCUT2D eigenvalue weighted by atomic mass is 16.5. The zero-order valence-electron chi connectivity index (χ0n) is 16.6. The van der Waals surface area contributed by atoms with Gasteiger partial charge in [0.25, 0.3) is 0 Å². The molecule has 0 fully saturated rings. The third-order valence-electron chi connectivity index (χ3n) is 4.00. The van der Waals surface area contributed by atoms with Crippen molar-refractivity contribution < 1.29 is 19.0 Å². The summed E-state index contributed by atoms with van der Waals surface area (Å²) in [5.74, 6) is 2.03. The van der Waals surface area contributed by atoms with Crippen LogP contribution in [0, 0.1) is 0 Å². The van der Waals surface area contributed by atoms with E-state index in [0.29, 0.717) is 29.6 Å². The van der Waals surface area contributed by atoms with Gasteiger partial charge in [-0.1, -0.05) is 6.92 Å². The van der Waals surface area contributed by atoms with E-state index < -0.39 is 0 Å². The van der Waals surface area contributed by atoms with Gasteiger partial charge >= 0.3 is 0 Å². The summed E-state index contributed by atoms with van der Waals surface area (Å²) in [6, 6.07) is 12.6. The lowest BCUT2D eigenvalue weighted by Gasteiger charge is -2.11. The molecule has 0 aliphatic heterocycles. The molecule has 2 aromatic carbocycles. The van der Waals surface area contributed by atoms with Crippen molar-refractivity contribution in [2.24, 2.45) is 0 Å². The van der Waals surface area contributed by atoms with E-state index in [2.05, 4.69) is 27.7 Å². The van der Waals surface area contributed by atoms with Gasteiger partial charge < -0.3 is 19.5 Å². The third-order valence-corrected chi connectivity index (χ3v) is 4.00. The number of hydrogen-bond donors (Lipinski definition) is 1. The van der Waals surface area contributed by atoms with Crippen molar-refractivity contribution in [2.45, 2.75) is 19.9 Å². The molecule has 1 aromatic heterocycles.